The topological polar surface area (TPSA) is 98.7 Å². The number of hydrogen-bond donors (Lipinski definition) is 3. The number of rotatable bonds is 4. The lowest BCUT2D eigenvalue weighted by atomic mass is 10.0. The van der Waals surface area contributed by atoms with E-state index < -0.39 is 11.9 Å². The van der Waals surface area contributed by atoms with Crippen LogP contribution in [0.15, 0.2) is 18.2 Å². The molecule has 0 spiro atoms. The van der Waals surface area contributed by atoms with Crippen molar-refractivity contribution in [1.29, 1.82) is 0 Å². The third kappa shape index (κ3) is 2.43. The molecule has 0 radical (unpaired) electrons. The van der Waals surface area contributed by atoms with Gasteiger partial charge in [-0.25, -0.2) is 0 Å². The van der Waals surface area contributed by atoms with E-state index in [1.165, 1.54) is 4.90 Å². The van der Waals surface area contributed by atoms with Crippen LogP contribution in [0.5, 0.6) is 0 Å². The Labute approximate surface area is 127 Å². The molecule has 0 aromatic heterocycles. The second-order valence-electron chi connectivity index (χ2n) is 5.38. The molecule has 2 aliphatic rings. The van der Waals surface area contributed by atoms with Crippen molar-refractivity contribution >= 4 is 23.4 Å². The minimum absolute atomic E-state index is 0.00549. The Morgan fingerprint density at radius 1 is 1.32 bits per heavy atom. The van der Waals surface area contributed by atoms with E-state index in [4.69, 9.17) is 5.11 Å². The molecule has 7 nitrogen and oxygen atoms in total. The van der Waals surface area contributed by atoms with Gasteiger partial charge in [0, 0.05) is 36.3 Å². The van der Waals surface area contributed by atoms with Crippen LogP contribution in [-0.4, -0.2) is 46.9 Å². The van der Waals surface area contributed by atoms with Crippen molar-refractivity contribution in [2.45, 2.75) is 25.4 Å². The Morgan fingerprint density at radius 3 is 2.86 bits per heavy atom. The maximum Gasteiger partial charge on any atom is 0.255 e. The van der Waals surface area contributed by atoms with E-state index in [1.807, 2.05) is 6.07 Å². The molecule has 1 fully saturated rings. The molecule has 22 heavy (non-hydrogen) atoms. The maximum atomic E-state index is 12.5. The summed E-state index contributed by atoms with van der Waals surface area (Å²) in [6, 6.07) is 4.73. The molecule has 1 atom stereocenters. The number of anilines is 1. The Hall–Kier alpha value is -2.41. The summed E-state index contributed by atoms with van der Waals surface area (Å²) in [5.74, 6) is -0.907. The number of imide groups is 1. The fraction of sp³-hybridized carbons (Fsp3) is 0.400. The highest BCUT2D eigenvalue weighted by Gasteiger charge is 2.39. The van der Waals surface area contributed by atoms with Gasteiger partial charge in [0.1, 0.15) is 6.04 Å². The first-order valence-electron chi connectivity index (χ1n) is 7.23. The number of hydrogen-bond acceptors (Lipinski definition) is 5. The van der Waals surface area contributed by atoms with Crippen LogP contribution in [0.1, 0.15) is 28.8 Å². The number of nitrogens with zero attached hydrogens (tertiary/aromatic N) is 1. The van der Waals surface area contributed by atoms with Crippen molar-refractivity contribution in [1.82, 2.24) is 10.2 Å². The molecule has 2 aliphatic heterocycles. The molecule has 1 unspecified atom stereocenters. The highest BCUT2D eigenvalue weighted by Crippen LogP contribution is 2.32. The summed E-state index contributed by atoms with van der Waals surface area (Å²) in [7, 11) is 0. The molecule has 0 saturated carbocycles. The molecular formula is C15H17N3O4. The first kappa shape index (κ1) is 14.5. The summed E-state index contributed by atoms with van der Waals surface area (Å²) in [5.41, 5.74) is 2.17. The molecule has 7 heteroatoms. The molecule has 1 aromatic rings. The van der Waals surface area contributed by atoms with Crippen LogP contribution in [0, 0.1) is 0 Å². The second kappa shape index (κ2) is 5.76. The minimum Gasteiger partial charge on any atom is -0.395 e. The zero-order valence-electron chi connectivity index (χ0n) is 12.0. The predicted octanol–water partition coefficient (Wildman–Crippen LogP) is -0.148. The summed E-state index contributed by atoms with van der Waals surface area (Å²) in [6.45, 7) is 0.715. The second-order valence-corrected chi connectivity index (χ2v) is 5.38. The summed E-state index contributed by atoms with van der Waals surface area (Å²) in [5, 5.41) is 14.3. The van der Waals surface area contributed by atoms with E-state index in [2.05, 4.69) is 10.6 Å². The van der Waals surface area contributed by atoms with Crippen LogP contribution < -0.4 is 10.6 Å². The number of nitrogens with one attached hydrogen (secondary N) is 2. The zero-order valence-corrected chi connectivity index (χ0v) is 12.0. The van der Waals surface area contributed by atoms with Crippen molar-refractivity contribution in [2.24, 2.45) is 0 Å². The molecule has 116 valence electrons. The van der Waals surface area contributed by atoms with Gasteiger partial charge in [-0.15, -0.1) is 0 Å². The Kier molecular flexibility index (Phi) is 3.81. The van der Waals surface area contributed by atoms with E-state index in [1.54, 1.807) is 12.1 Å². The van der Waals surface area contributed by atoms with Gasteiger partial charge < -0.3 is 15.3 Å². The lowest BCUT2D eigenvalue weighted by Crippen LogP contribution is -2.52. The minimum atomic E-state index is -0.608. The number of piperidine rings is 1. The van der Waals surface area contributed by atoms with Crippen LogP contribution in [0.3, 0.4) is 0 Å². The van der Waals surface area contributed by atoms with Gasteiger partial charge in [-0.1, -0.05) is 6.07 Å². The van der Waals surface area contributed by atoms with Gasteiger partial charge in [-0.05, 0) is 18.6 Å². The number of carbonyl (C=O) groups is 3. The van der Waals surface area contributed by atoms with Gasteiger partial charge in [-0.3, -0.25) is 19.7 Å². The quantitative estimate of drug-likeness (QED) is 0.672. The van der Waals surface area contributed by atoms with Gasteiger partial charge in [0.25, 0.3) is 5.91 Å². The maximum absolute atomic E-state index is 12.5. The average Bonchev–Trinajstić information content (AvgIpc) is 2.83. The smallest absolute Gasteiger partial charge is 0.255 e. The summed E-state index contributed by atoms with van der Waals surface area (Å²) >= 11 is 0. The number of amides is 3. The highest BCUT2D eigenvalue weighted by atomic mass is 16.3. The van der Waals surface area contributed by atoms with Crippen LogP contribution in [-0.2, 0) is 16.1 Å². The fourth-order valence-corrected chi connectivity index (χ4v) is 2.94. The number of aliphatic hydroxyl groups is 1. The SMILES string of the molecule is O=C1CCC(N2Cc3c(NCCO)cccc3C2=O)C(=O)N1. The average molecular weight is 303 g/mol. The van der Waals surface area contributed by atoms with Gasteiger partial charge in [0.05, 0.1) is 6.61 Å². The summed E-state index contributed by atoms with van der Waals surface area (Å²) in [4.78, 5) is 37.3. The summed E-state index contributed by atoms with van der Waals surface area (Å²) < 4.78 is 0. The number of fused-ring (bicyclic) bond motifs is 1. The Balaban J connectivity index is 1.84. The molecule has 3 rings (SSSR count). The van der Waals surface area contributed by atoms with E-state index in [0.29, 0.717) is 25.1 Å². The molecule has 0 bridgehead atoms. The third-order valence-corrected chi connectivity index (χ3v) is 4.01. The molecule has 1 aromatic carbocycles. The molecule has 1 saturated heterocycles. The van der Waals surface area contributed by atoms with Gasteiger partial charge in [0.2, 0.25) is 11.8 Å². The van der Waals surface area contributed by atoms with E-state index in [-0.39, 0.29) is 24.8 Å². The van der Waals surface area contributed by atoms with Gasteiger partial charge >= 0.3 is 0 Å². The largest absolute Gasteiger partial charge is 0.395 e. The first-order valence-corrected chi connectivity index (χ1v) is 7.23. The normalized spacial score (nSPS) is 20.9. The lowest BCUT2D eigenvalue weighted by molar-refractivity contribution is -0.136. The third-order valence-electron chi connectivity index (χ3n) is 4.01. The van der Waals surface area contributed by atoms with Crippen molar-refractivity contribution in [3.63, 3.8) is 0 Å². The van der Waals surface area contributed by atoms with Crippen LogP contribution >= 0.6 is 0 Å². The number of benzene rings is 1. The van der Waals surface area contributed by atoms with Crippen molar-refractivity contribution in [3.8, 4) is 0 Å². The fourth-order valence-electron chi connectivity index (χ4n) is 2.94. The first-order chi connectivity index (χ1) is 10.6. The standard InChI is InChI=1S/C15H17N3O4/c19-7-6-16-11-3-1-2-9-10(11)8-18(15(9)22)12-4-5-13(20)17-14(12)21/h1-3,12,16,19H,4-8H2,(H,17,20,21). The molecule has 3 N–H and O–H groups in total. The van der Waals surface area contributed by atoms with Crippen molar-refractivity contribution in [3.05, 3.63) is 29.3 Å². The van der Waals surface area contributed by atoms with Gasteiger partial charge in [-0.2, -0.15) is 0 Å². The molecule has 3 amide bonds. The van der Waals surface area contributed by atoms with Crippen molar-refractivity contribution < 1.29 is 19.5 Å². The number of carbonyl (C=O) groups excluding carboxylic acids is 3. The summed E-state index contributed by atoms with van der Waals surface area (Å²) in [6.07, 6.45) is 0.593. The van der Waals surface area contributed by atoms with Crippen LogP contribution in [0.25, 0.3) is 0 Å². The van der Waals surface area contributed by atoms with E-state index in [9.17, 15) is 14.4 Å². The molecule has 2 heterocycles. The lowest BCUT2D eigenvalue weighted by Gasteiger charge is -2.29. The molecule has 0 aliphatic carbocycles. The van der Waals surface area contributed by atoms with Crippen LogP contribution in [0.4, 0.5) is 5.69 Å². The Bertz CT molecular complexity index is 644. The monoisotopic (exact) mass is 303 g/mol. The zero-order chi connectivity index (χ0) is 15.7. The van der Waals surface area contributed by atoms with Crippen LogP contribution in [0.2, 0.25) is 0 Å². The van der Waals surface area contributed by atoms with Crippen molar-refractivity contribution in [2.75, 3.05) is 18.5 Å². The Morgan fingerprint density at radius 2 is 2.14 bits per heavy atom. The van der Waals surface area contributed by atoms with Gasteiger partial charge in [0.15, 0.2) is 0 Å². The van der Waals surface area contributed by atoms with E-state index >= 15 is 0 Å². The van der Waals surface area contributed by atoms with E-state index in [0.717, 1.165) is 11.3 Å². The predicted molar refractivity (Wildman–Crippen MR) is 78.1 cm³/mol. The molecular weight excluding hydrogens is 286 g/mol. The highest BCUT2D eigenvalue weighted by molar-refractivity contribution is 6.06. The number of aliphatic hydroxyl groups excluding tert-OH is 1.